The van der Waals surface area contributed by atoms with Gasteiger partial charge >= 0.3 is 12.6 Å². The molecule has 0 spiro atoms. The van der Waals surface area contributed by atoms with Gasteiger partial charge in [-0.05, 0) is 30.3 Å². The lowest BCUT2D eigenvalue weighted by atomic mass is 10.2. The first-order valence-corrected chi connectivity index (χ1v) is 7.27. The Labute approximate surface area is 146 Å². The van der Waals surface area contributed by atoms with Crippen molar-refractivity contribution in [1.29, 1.82) is 0 Å². The molecule has 1 heterocycles. The van der Waals surface area contributed by atoms with Crippen LogP contribution in [-0.4, -0.2) is 24.7 Å². The van der Waals surface area contributed by atoms with Crippen molar-refractivity contribution < 1.29 is 27.8 Å². The van der Waals surface area contributed by atoms with E-state index in [1.54, 1.807) is 0 Å². The third-order valence-corrected chi connectivity index (χ3v) is 3.39. The minimum absolute atomic E-state index is 0.00426. The quantitative estimate of drug-likeness (QED) is 0.553. The van der Waals surface area contributed by atoms with Gasteiger partial charge in [0.25, 0.3) is 0 Å². The van der Waals surface area contributed by atoms with Gasteiger partial charge in [0.1, 0.15) is 11.8 Å². The Bertz CT molecular complexity index is 743. The summed E-state index contributed by atoms with van der Waals surface area (Å²) >= 11 is 11.7. The van der Waals surface area contributed by atoms with E-state index >= 15 is 0 Å². The molecule has 2 rings (SSSR count). The summed E-state index contributed by atoms with van der Waals surface area (Å²) in [5, 5.41) is 0.478. The summed E-state index contributed by atoms with van der Waals surface area (Å²) in [5.41, 5.74) is 0.277. The van der Waals surface area contributed by atoms with Crippen molar-refractivity contribution in [3.05, 3.63) is 51.8 Å². The molecule has 0 N–H and O–H groups in total. The van der Waals surface area contributed by atoms with E-state index in [0.29, 0.717) is 0 Å². The predicted octanol–water partition coefficient (Wildman–Crippen LogP) is 4.36. The maximum absolute atomic E-state index is 12.4. The van der Waals surface area contributed by atoms with E-state index in [4.69, 9.17) is 32.7 Å². The van der Waals surface area contributed by atoms with Gasteiger partial charge in [-0.15, -0.1) is 0 Å². The van der Waals surface area contributed by atoms with Crippen LogP contribution in [0.15, 0.2) is 30.3 Å². The molecule has 0 unspecified atom stereocenters. The van der Waals surface area contributed by atoms with Crippen LogP contribution in [0.4, 0.5) is 8.78 Å². The van der Waals surface area contributed by atoms with Gasteiger partial charge in [0.15, 0.2) is 11.5 Å². The van der Waals surface area contributed by atoms with Gasteiger partial charge in [0.05, 0.1) is 23.4 Å². The maximum Gasteiger partial charge on any atom is 0.387 e. The summed E-state index contributed by atoms with van der Waals surface area (Å²) in [7, 11) is 1.29. The van der Waals surface area contributed by atoms with E-state index in [0.717, 1.165) is 6.07 Å². The number of aromatic nitrogens is 1. The molecule has 0 radical (unpaired) electrons. The van der Waals surface area contributed by atoms with Gasteiger partial charge in [-0.2, -0.15) is 8.78 Å². The van der Waals surface area contributed by atoms with E-state index in [9.17, 15) is 13.6 Å². The number of pyridine rings is 1. The first-order chi connectivity index (χ1) is 11.4. The minimum Gasteiger partial charge on any atom is -0.493 e. The smallest absolute Gasteiger partial charge is 0.387 e. The molecule has 5 nitrogen and oxygen atoms in total. The van der Waals surface area contributed by atoms with Crippen molar-refractivity contribution in [3.63, 3.8) is 0 Å². The lowest BCUT2D eigenvalue weighted by molar-refractivity contribution is -0.0513. The van der Waals surface area contributed by atoms with Crippen LogP contribution in [0, 0.1) is 0 Å². The summed E-state index contributed by atoms with van der Waals surface area (Å²) in [4.78, 5) is 16.0. The first-order valence-electron chi connectivity index (χ1n) is 6.51. The molecule has 0 aliphatic rings. The number of ether oxygens (including phenoxy) is 3. The summed E-state index contributed by atoms with van der Waals surface area (Å²) in [6.45, 7) is -3.28. The second kappa shape index (κ2) is 8.12. The second-order valence-corrected chi connectivity index (χ2v) is 5.18. The number of rotatable bonds is 6. The number of hydrogen-bond acceptors (Lipinski definition) is 5. The SMILES string of the molecule is COc1ccc(C(=O)OCc2nc(Cl)ccc2Cl)cc1OC(F)F. The fraction of sp³-hybridized carbons (Fsp3) is 0.200. The second-order valence-electron chi connectivity index (χ2n) is 4.38. The Morgan fingerprint density at radius 1 is 1.21 bits per heavy atom. The Hall–Kier alpha value is -2.12. The van der Waals surface area contributed by atoms with Gasteiger partial charge in [0.2, 0.25) is 0 Å². The molecule has 0 fully saturated rings. The van der Waals surface area contributed by atoms with Crippen molar-refractivity contribution in [2.75, 3.05) is 7.11 Å². The van der Waals surface area contributed by atoms with E-state index in [2.05, 4.69) is 9.72 Å². The average Bonchev–Trinajstić information content (AvgIpc) is 2.54. The fourth-order valence-corrected chi connectivity index (χ4v) is 2.09. The van der Waals surface area contributed by atoms with Crippen LogP contribution >= 0.6 is 23.2 Å². The molecule has 0 amide bonds. The zero-order valence-corrected chi connectivity index (χ0v) is 13.8. The minimum atomic E-state index is -3.06. The average molecular weight is 378 g/mol. The van der Waals surface area contributed by atoms with Crippen molar-refractivity contribution in [2.24, 2.45) is 0 Å². The van der Waals surface area contributed by atoms with E-state index < -0.39 is 12.6 Å². The fourth-order valence-electron chi connectivity index (χ4n) is 1.77. The molecule has 2 aromatic rings. The molecular weight excluding hydrogens is 367 g/mol. The number of nitrogens with zero attached hydrogens (tertiary/aromatic N) is 1. The van der Waals surface area contributed by atoms with Gasteiger partial charge in [-0.1, -0.05) is 23.2 Å². The molecule has 1 aromatic carbocycles. The summed E-state index contributed by atoms with van der Waals surface area (Å²) in [6, 6.07) is 6.78. The molecule has 0 atom stereocenters. The Kier molecular flexibility index (Phi) is 6.16. The molecule has 0 aliphatic heterocycles. The van der Waals surface area contributed by atoms with Crippen molar-refractivity contribution in [3.8, 4) is 11.5 Å². The van der Waals surface area contributed by atoms with Crippen LogP contribution in [0.5, 0.6) is 11.5 Å². The van der Waals surface area contributed by atoms with Gasteiger partial charge in [-0.25, -0.2) is 9.78 Å². The zero-order valence-electron chi connectivity index (χ0n) is 12.3. The standard InChI is InChI=1S/C15H11Cl2F2NO4/c1-22-11-4-2-8(6-12(11)24-15(18)19)14(21)23-7-10-9(16)3-5-13(17)20-10/h2-6,15H,7H2,1H3. The van der Waals surface area contributed by atoms with E-state index in [1.165, 1.54) is 31.4 Å². The molecule has 0 saturated carbocycles. The Morgan fingerprint density at radius 2 is 1.96 bits per heavy atom. The number of benzene rings is 1. The van der Waals surface area contributed by atoms with Crippen LogP contribution in [0.25, 0.3) is 0 Å². The predicted molar refractivity (Wildman–Crippen MR) is 83.0 cm³/mol. The third kappa shape index (κ3) is 4.69. The first kappa shape index (κ1) is 18.2. The number of halogens is 4. The van der Waals surface area contributed by atoms with Gasteiger partial charge in [0, 0.05) is 0 Å². The highest BCUT2D eigenvalue weighted by atomic mass is 35.5. The summed E-state index contributed by atoms with van der Waals surface area (Å²) in [6.07, 6.45) is 0. The highest BCUT2D eigenvalue weighted by molar-refractivity contribution is 6.32. The molecule has 0 aliphatic carbocycles. The lowest BCUT2D eigenvalue weighted by Gasteiger charge is -2.11. The largest absolute Gasteiger partial charge is 0.493 e. The molecule has 0 bridgehead atoms. The Balaban J connectivity index is 2.13. The Morgan fingerprint density at radius 3 is 2.62 bits per heavy atom. The third-order valence-electron chi connectivity index (χ3n) is 2.84. The number of esters is 1. The normalized spacial score (nSPS) is 10.6. The highest BCUT2D eigenvalue weighted by Crippen LogP contribution is 2.30. The van der Waals surface area contributed by atoms with Gasteiger partial charge in [-0.3, -0.25) is 0 Å². The van der Waals surface area contributed by atoms with Crippen molar-refractivity contribution >= 4 is 29.2 Å². The van der Waals surface area contributed by atoms with E-state index in [1.807, 2.05) is 0 Å². The van der Waals surface area contributed by atoms with Gasteiger partial charge < -0.3 is 14.2 Å². The number of hydrogen-bond donors (Lipinski definition) is 0. The van der Waals surface area contributed by atoms with E-state index in [-0.39, 0.29) is 39.5 Å². The molecule has 9 heteroatoms. The van der Waals surface area contributed by atoms with Crippen LogP contribution in [0.1, 0.15) is 16.1 Å². The number of carbonyl (C=O) groups is 1. The van der Waals surface area contributed by atoms with Crippen molar-refractivity contribution in [2.45, 2.75) is 13.2 Å². The monoisotopic (exact) mass is 377 g/mol. The topological polar surface area (TPSA) is 57.7 Å². The van der Waals surface area contributed by atoms with Crippen LogP contribution in [0.3, 0.4) is 0 Å². The highest BCUT2D eigenvalue weighted by Gasteiger charge is 2.16. The van der Waals surface area contributed by atoms with Crippen molar-refractivity contribution in [1.82, 2.24) is 4.98 Å². The van der Waals surface area contributed by atoms with Crippen LogP contribution < -0.4 is 9.47 Å². The van der Waals surface area contributed by atoms with Crippen LogP contribution in [-0.2, 0) is 11.3 Å². The molecule has 128 valence electrons. The number of methoxy groups -OCH3 is 1. The molecule has 1 aromatic heterocycles. The lowest BCUT2D eigenvalue weighted by Crippen LogP contribution is -2.09. The zero-order chi connectivity index (χ0) is 17.7. The van der Waals surface area contributed by atoms with Crippen LogP contribution in [0.2, 0.25) is 10.2 Å². The summed E-state index contributed by atoms with van der Waals surface area (Å²) in [5.74, 6) is -0.984. The number of alkyl halides is 2. The molecule has 24 heavy (non-hydrogen) atoms. The molecular formula is C15H11Cl2F2NO4. The summed E-state index contributed by atoms with van der Waals surface area (Å²) < 4.78 is 39.0. The number of carbonyl (C=O) groups excluding carboxylic acids is 1. The maximum atomic E-state index is 12.4. The molecule has 0 saturated heterocycles.